The second-order valence-corrected chi connectivity index (χ2v) is 9.53. The molecule has 0 aliphatic rings. The SMILES string of the molecule is Cc1c(C=NNC(=O)c2ccc(CSc3nncn3C)cc2)c2ccccn2c1C(=O)c1ccc(F)cc1. The van der Waals surface area contributed by atoms with Crippen LogP contribution in [0.5, 0.6) is 0 Å². The zero-order valence-electron chi connectivity index (χ0n) is 20.6. The maximum absolute atomic E-state index is 13.4. The first-order chi connectivity index (χ1) is 18.4. The second-order valence-electron chi connectivity index (χ2n) is 8.59. The number of fused-ring (bicyclic) bond motifs is 1. The van der Waals surface area contributed by atoms with Crippen LogP contribution in [-0.4, -0.2) is 37.1 Å². The molecule has 0 atom stereocenters. The smallest absolute Gasteiger partial charge is 0.271 e. The zero-order chi connectivity index (χ0) is 26.6. The predicted molar refractivity (Wildman–Crippen MR) is 144 cm³/mol. The Hall–Kier alpha value is -4.57. The van der Waals surface area contributed by atoms with E-state index >= 15 is 0 Å². The summed E-state index contributed by atoms with van der Waals surface area (Å²) in [5.74, 6) is -0.285. The van der Waals surface area contributed by atoms with Crippen molar-refractivity contribution in [2.75, 3.05) is 0 Å². The Kier molecular flexibility index (Phi) is 7.14. The Labute approximate surface area is 222 Å². The molecule has 1 N–H and O–H groups in total. The topological polar surface area (TPSA) is 93.7 Å². The Morgan fingerprint density at radius 1 is 1.05 bits per heavy atom. The summed E-state index contributed by atoms with van der Waals surface area (Å²) in [4.78, 5) is 25.9. The molecule has 0 fully saturated rings. The summed E-state index contributed by atoms with van der Waals surface area (Å²) in [6.45, 7) is 1.82. The number of pyridine rings is 1. The van der Waals surface area contributed by atoms with Crippen molar-refractivity contribution in [3.05, 3.63) is 119 Å². The summed E-state index contributed by atoms with van der Waals surface area (Å²) >= 11 is 1.56. The van der Waals surface area contributed by atoms with Crippen LogP contribution >= 0.6 is 11.8 Å². The molecule has 0 spiro atoms. The number of amides is 1. The minimum atomic E-state index is -0.405. The summed E-state index contributed by atoms with van der Waals surface area (Å²) in [7, 11) is 1.89. The molecule has 0 radical (unpaired) electrons. The van der Waals surface area contributed by atoms with Crippen LogP contribution in [0.1, 0.15) is 43.1 Å². The highest BCUT2D eigenvalue weighted by Gasteiger charge is 2.21. The van der Waals surface area contributed by atoms with Crippen LogP contribution in [0.4, 0.5) is 4.39 Å². The molecule has 2 aromatic carbocycles. The van der Waals surface area contributed by atoms with E-state index in [1.807, 2.05) is 48.9 Å². The molecule has 0 saturated carbocycles. The molecule has 0 aliphatic heterocycles. The lowest BCUT2D eigenvalue weighted by Crippen LogP contribution is -2.17. The van der Waals surface area contributed by atoms with Gasteiger partial charge in [-0.1, -0.05) is 30.0 Å². The first-order valence-corrected chi connectivity index (χ1v) is 12.7. The molecule has 1 amide bonds. The highest BCUT2D eigenvalue weighted by atomic mass is 32.2. The Balaban J connectivity index is 1.31. The second kappa shape index (κ2) is 10.8. The van der Waals surface area contributed by atoms with Crippen molar-refractivity contribution in [2.24, 2.45) is 12.1 Å². The molecule has 3 heterocycles. The fourth-order valence-electron chi connectivity index (χ4n) is 4.06. The number of thioether (sulfide) groups is 1. The minimum absolute atomic E-state index is 0.232. The molecule has 190 valence electrons. The molecule has 0 saturated heterocycles. The van der Waals surface area contributed by atoms with E-state index in [2.05, 4.69) is 20.7 Å². The predicted octanol–water partition coefficient (Wildman–Crippen LogP) is 4.80. The molecule has 10 heteroatoms. The number of carbonyl (C=O) groups excluding carboxylic acids is 2. The van der Waals surface area contributed by atoms with E-state index in [4.69, 9.17) is 0 Å². The number of carbonyl (C=O) groups is 2. The van der Waals surface area contributed by atoms with Crippen molar-refractivity contribution in [1.82, 2.24) is 24.6 Å². The van der Waals surface area contributed by atoms with E-state index in [1.165, 1.54) is 30.5 Å². The zero-order valence-corrected chi connectivity index (χ0v) is 21.4. The number of aromatic nitrogens is 4. The third kappa shape index (κ3) is 5.12. The van der Waals surface area contributed by atoms with Gasteiger partial charge in [0.1, 0.15) is 12.1 Å². The Morgan fingerprint density at radius 2 is 1.79 bits per heavy atom. The van der Waals surface area contributed by atoms with Gasteiger partial charge in [0.15, 0.2) is 5.16 Å². The maximum Gasteiger partial charge on any atom is 0.271 e. The fourth-order valence-corrected chi connectivity index (χ4v) is 4.91. The maximum atomic E-state index is 13.4. The van der Waals surface area contributed by atoms with Gasteiger partial charge in [-0.2, -0.15) is 5.10 Å². The van der Waals surface area contributed by atoms with Crippen LogP contribution < -0.4 is 5.43 Å². The normalized spacial score (nSPS) is 11.3. The van der Waals surface area contributed by atoms with E-state index in [1.54, 1.807) is 40.8 Å². The first kappa shape index (κ1) is 25.1. The quantitative estimate of drug-likeness (QED) is 0.136. The average molecular weight is 527 g/mol. The fraction of sp³-hybridized carbons (Fsp3) is 0.107. The highest BCUT2D eigenvalue weighted by molar-refractivity contribution is 7.98. The van der Waals surface area contributed by atoms with Gasteiger partial charge in [0, 0.05) is 35.7 Å². The number of hydrogen-bond donors (Lipinski definition) is 1. The van der Waals surface area contributed by atoms with Crippen molar-refractivity contribution in [3.8, 4) is 0 Å². The van der Waals surface area contributed by atoms with Crippen LogP contribution in [0.3, 0.4) is 0 Å². The van der Waals surface area contributed by atoms with E-state index < -0.39 is 5.82 Å². The number of benzene rings is 2. The van der Waals surface area contributed by atoms with Crippen molar-refractivity contribution in [2.45, 2.75) is 17.8 Å². The van der Waals surface area contributed by atoms with Crippen molar-refractivity contribution < 1.29 is 14.0 Å². The molecule has 8 nitrogen and oxygen atoms in total. The molecule has 3 aromatic heterocycles. The molecule has 5 rings (SSSR count). The third-order valence-corrected chi connectivity index (χ3v) is 7.18. The van der Waals surface area contributed by atoms with E-state index in [-0.39, 0.29) is 11.7 Å². The molecule has 0 aliphatic carbocycles. The van der Waals surface area contributed by atoms with Gasteiger partial charge in [0.2, 0.25) is 5.78 Å². The van der Waals surface area contributed by atoms with E-state index in [9.17, 15) is 14.0 Å². The third-order valence-electron chi connectivity index (χ3n) is 6.07. The highest BCUT2D eigenvalue weighted by Crippen LogP contribution is 2.24. The molecule has 38 heavy (non-hydrogen) atoms. The molecule has 5 aromatic rings. The lowest BCUT2D eigenvalue weighted by atomic mass is 10.0. The van der Waals surface area contributed by atoms with Gasteiger partial charge >= 0.3 is 0 Å². The standard InChI is InChI=1S/C28H23FN6O2S/c1-18-23(24-5-3-4-14-35(24)25(18)26(36)20-10-12-22(29)13-11-20)15-30-32-27(37)21-8-6-19(7-9-21)16-38-28-33-31-17-34(28)2/h3-15,17H,16H2,1-2H3,(H,32,37). The van der Waals surface area contributed by atoms with Gasteiger partial charge in [0.25, 0.3) is 5.91 Å². The monoisotopic (exact) mass is 526 g/mol. The molecule has 0 unspecified atom stereocenters. The number of aryl methyl sites for hydroxylation is 1. The van der Waals surface area contributed by atoms with E-state index in [0.717, 1.165) is 16.2 Å². The van der Waals surface area contributed by atoms with Gasteiger partial charge < -0.3 is 8.97 Å². The van der Waals surface area contributed by atoms with E-state index in [0.29, 0.717) is 33.7 Å². The number of nitrogens with zero attached hydrogens (tertiary/aromatic N) is 5. The lowest BCUT2D eigenvalue weighted by Gasteiger charge is -2.04. The van der Waals surface area contributed by atoms with Gasteiger partial charge in [-0.05, 0) is 66.6 Å². The number of rotatable bonds is 8. The number of hydrogen-bond acceptors (Lipinski definition) is 6. The minimum Gasteiger partial charge on any atom is -0.313 e. The van der Waals surface area contributed by atoms with Crippen molar-refractivity contribution >= 4 is 35.2 Å². The van der Waals surface area contributed by atoms with Crippen LogP contribution in [-0.2, 0) is 12.8 Å². The number of hydrazone groups is 1. The van der Waals surface area contributed by atoms with Gasteiger partial charge in [-0.25, -0.2) is 9.82 Å². The van der Waals surface area contributed by atoms with Crippen molar-refractivity contribution in [3.63, 3.8) is 0 Å². The average Bonchev–Trinajstić information content (AvgIpc) is 3.47. The van der Waals surface area contributed by atoms with Crippen LogP contribution in [0.2, 0.25) is 0 Å². The summed E-state index contributed by atoms with van der Waals surface area (Å²) in [5, 5.41) is 12.9. The van der Waals surface area contributed by atoms with Crippen LogP contribution in [0.15, 0.2) is 89.5 Å². The first-order valence-electron chi connectivity index (χ1n) is 11.7. The Bertz CT molecular complexity index is 1660. The number of nitrogens with one attached hydrogen (secondary N) is 1. The number of ketones is 1. The summed E-state index contributed by atoms with van der Waals surface area (Å²) < 4.78 is 17.0. The summed E-state index contributed by atoms with van der Waals surface area (Å²) in [6, 6.07) is 18.3. The van der Waals surface area contributed by atoms with Gasteiger partial charge in [-0.3, -0.25) is 9.59 Å². The summed E-state index contributed by atoms with van der Waals surface area (Å²) in [6.07, 6.45) is 4.98. The molecule has 0 bridgehead atoms. The van der Waals surface area contributed by atoms with Gasteiger partial charge in [0.05, 0.1) is 17.4 Å². The van der Waals surface area contributed by atoms with Crippen molar-refractivity contribution in [1.29, 1.82) is 0 Å². The van der Waals surface area contributed by atoms with Crippen LogP contribution in [0, 0.1) is 12.7 Å². The molecular weight excluding hydrogens is 503 g/mol. The number of halogens is 1. The summed E-state index contributed by atoms with van der Waals surface area (Å²) in [5.41, 5.74) is 7.09. The lowest BCUT2D eigenvalue weighted by molar-refractivity contribution is 0.0954. The largest absolute Gasteiger partial charge is 0.313 e. The van der Waals surface area contributed by atoms with Gasteiger partial charge in [-0.15, -0.1) is 10.2 Å². The molecular formula is C28H23FN6O2S. The Morgan fingerprint density at radius 3 is 2.50 bits per heavy atom. The van der Waals surface area contributed by atoms with Crippen LogP contribution in [0.25, 0.3) is 5.52 Å².